The number of nitrogens with zero attached hydrogens (tertiary/aromatic N) is 1. The largest absolute Gasteiger partial charge is 0.369 e. The molecule has 0 atom stereocenters. The number of amides is 1. The quantitative estimate of drug-likeness (QED) is 0.696. The third-order valence-corrected chi connectivity index (χ3v) is 3.83. The second-order valence-corrected chi connectivity index (χ2v) is 5.70. The highest BCUT2D eigenvalue weighted by atomic mass is 35.5. The molecular weight excluding hydrogens is 292 g/mol. The van der Waals surface area contributed by atoms with E-state index in [1.54, 1.807) is 0 Å². The number of carbonyl (C=O) groups excluding carboxylic acids is 1. The minimum atomic E-state index is -3.81. The highest BCUT2D eigenvalue weighted by molar-refractivity contribution is 7.89. The Bertz CT molecular complexity index is 562. The van der Waals surface area contributed by atoms with E-state index in [0.717, 1.165) is 0 Å². The molecule has 106 valence electrons. The summed E-state index contributed by atoms with van der Waals surface area (Å²) in [4.78, 5) is 14.8. The van der Waals surface area contributed by atoms with Gasteiger partial charge in [-0.2, -0.15) is 0 Å². The van der Waals surface area contributed by atoms with Crippen molar-refractivity contribution in [1.82, 2.24) is 15.0 Å². The van der Waals surface area contributed by atoms with Crippen LogP contribution in [-0.4, -0.2) is 39.4 Å². The van der Waals surface area contributed by atoms with Crippen molar-refractivity contribution in [2.24, 2.45) is 0 Å². The van der Waals surface area contributed by atoms with Crippen molar-refractivity contribution in [3.63, 3.8) is 0 Å². The molecule has 1 heterocycles. The number of hydrogen-bond acceptors (Lipinski definition) is 5. The van der Waals surface area contributed by atoms with Gasteiger partial charge in [0.15, 0.2) is 0 Å². The average Bonchev–Trinajstić information content (AvgIpc) is 2.38. The average molecular weight is 307 g/mol. The van der Waals surface area contributed by atoms with Gasteiger partial charge in [-0.3, -0.25) is 4.79 Å². The highest BCUT2D eigenvalue weighted by Gasteiger charge is 2.17. The van der Waals surface area contributed by atoms with Gasteiger partial charge in [-0.25, -0.2) is 18.1 Å². The lowest BCUT2D eigenvalue weighted by Gasteiger charge is -2.08. The molecule has 1 aromatic rings. The Morgan fingerprint density at radius 2 is 2.16 bits per heavy atom. The van der Waals surface area contributed by atoms with E-state index in [2.05, 4.69) is 20.3 Å². The molecule has 9 heteroatoms. The molecule has 19 heavy (non-hydrogen) atoms. The van der Waals surface area contributed by atoms with Crippen LogP contribution in [-0.2, 0) is 14.8 Å². The first-order valence-electron chi connectivity index (χ1n) is 5.50. The molecule has 1 amide bonds. The number of sulfonamides is 1. The van der Waals surface area contributed by atoms with Crippen LogP contribution in [0.4, 0.5) is 5.82 Å². The third kappa shape index (κ3) is 4.34. The molecule has 0 spiro atoms. The molecule has 0 aliphatic rings. The number of carbonyl (C=O) groups is 1. The van der Waals surface area contributed by atoms with Gasteiger partial charge in [-0.05, 0) is 13.0 Å². The van der Waals surface area contributed by atoms with Gasteiger partial charge in [0.25, 0.3) is 0 Å². The van der Waals surface area contributed by atoms with E-state index in [1.165, 1.54) is 19.3 Å². The molecule has 7 nitrogen and oxygen atoms in total. The lowest BCUT2D eigenvalue weighted by atomic mass is 10.4. The molecule has 0 aliphatic carbocycles. The zero-order valence-electron chi connectivity index (χ0n) is 10.5. The van der Waals surface area contributed by atoms with Crippen LogP contribution in [0, 0.1) is 0 Å². The molecule has 0 fully saturated rings. The Hall–Kier alpha value is -1.38. The maximum Gasteiger partial charge on any atom is 0.242 e. The standard InChI is InChI=1S/C10H15ClN4O3S/c1-3-13-10-8(11)4-7(5-14-10)19(17,18)15-6-9(16)12-2/h4-5,15H,3,6H2,1-2H3,(H,12,16)(H,13,14). The Morgan fingerprint density at radius 3 is 2.68 bits per heavy atom. The van der Waals surface area contributed by atoms with Crippen LogP contribution in [0.2, 0.25) is 5.02 Å². The molecule has 0 bridgehead atoms. The normalized spacial score (nSPS) is 11.1. The Kier molecular flexibility index (Phi) is 5.52. The van der Waals surface area contributed by atoms with Crippen LogP contribution in [0.15, 0.2) is 17.2 Å². The molecule has 0 saturated carbocycles. The highest BCUT2D eigenvalue weighted by Crippen LogP contribution is 2.22. The van der Waals surface area contributed by atoms with Crippen molar-refractivity contribution < 1.29 is 13.2 Å². The fourth-order valence-corrected chi connectivity index (χ4v) is 2.45. The first kappa shape index (κ1) is 15.7. The number of anilines is 1. The van der Waals surface area contributed by atoms with E-state index >= 15 is 0 Å². The Morgan fingerprint density at radius 1 is 1.47 bits per heavy atom. The van der Waals surface area contributed by atoms with Crippen molar-refractivity contribution in [2.45, 2.75) is 11.8 Å². The van der Waals surface area contributed by atoms with Crippen molar-refractivity contribution in [3.8, 4) is 0 Å². The molecule has 0 aromatic carbocycles. The summed E-state index contributed by atoms with van der Waals surface area (Å²) in [6.45, 7) is 2.15. The molecule has 1 aromatic heterocycles. The molecule has 0 saturated heterocycles. The van der Waals surface area contributed by atoms with Crippen LogP contribution >= 0.6 is 11.6 Å². The summed E-state index contributed by atoms with van der Waals surface area (Å²) >= 11 is 5.91. The topological polar surface area (TPSA) is 100 Å². The van der Waals surface area contributed by atoms with E-state index in [4.69, 9.17) is 11.6 Å². The van der Waals surface area contributed by atoms with Gasteiger partial charge < -0.3 is 10.6 Å². The van der Waals surface area contributed by atoms with Crippen molar-refractivity contribution in [2.75, 3.05) is 25.5 Å². The summed E-state index contributed by atoms with van der Waals surface area (Å²) in [5, 5.41) is 5.40. The predicted octanol–water partition coefficient (Wildman–Crippen LogP) is 0.191. The maximum atomic E-state index is 11.9. The summed E-state index contributed by atoms with van der Waals surface area (Å²) in [5.41, 5.74) is 0. The van der Waals surface area contributed by atoms with Crippen molar-refractivity contribution in [1.29, 1.82) is 0 Å². The van der Waals surface area contributed by atoms with Crippen molar-refractivity contribution >= 4 is 33.3 Å². The van der Waals surface area contributed by atoms with Gasteiger partial charge >= 0.3 is 0 Å². The molecule has 0 aliphatic heterocycles. The third-order valence-electron chi connectivity index (χ3n) is 2.17. The summed E-state index contributed by atoms with van der Waals surface area (Å²) < 4.78 is 25.9. The van der Waals surface area contributed by atoms with Crippen LogP contribution in [0.25, 0.3) is 0 Å². The van der Waals surface area contributed by atoms with Gasteiger partial charge in [-0.15, -0.1) is 0 Å². The van der Waals surface area contributed by atoms with E-state index in [1.807, 2.05) is 6.92 Å². The zero-order chi connectivity index (χ0) is 14.5. The number of likely N-dealkylation sites (N-methyl/N-ethyl adjacent to an activating group) is 1. The van der Waals surface area contributed by atoms with E-state index in [-0.39, 0.29) is 16.5 Å². The van der Waals surface area contributed by atoms with Gasteiger partial charge in [0.1, 0.15) is 10.7 Å². The fraction of sp³-hybridized carbons (Fsp3) is 0.400. The number of nitrogens with one attached hydrogen (secondary N) is 3. The first-order chi connectivity index (χ1) is 8.90. The Balaban J connectivity index is 2.90. The minimum absolute atomic E-state index is 0.0944. The van der Waals surface area contributed by atoms with Crippen LogP contribution in [0.1, 0.15) is 6.92 Å². The van der Waals surface area contributed by atoms with Crippen LogP contribution in [0.3, 0.4) is 0 Å². The van der Waals surface area contributed by atoms with E-state index in [0.29, 0.717) is 12.4 Å². The summed E-state index contributed by atoms with van der Waals surface area (Å²) in [5.74, 6) is -0.0266. The number of halogens is 1. The van der Waals surface area contributed by atoms with Gasteiger partial charge in [-0.1, -0.05) is 11.6 Å². The zero-order valence-corrected chi connectivity index (χ0v) is 12.1. The smallest absolute Gasteiger partial charge is 0.242 e. The monoisotopic (exact) mass is 306 g/mol. The fourth-order valence-electron chi connectivity index (χ4n) is 1.20. The molecule has 0 radical (unpaired) electrons. The Labute approximate surface area is 116 Å². The summed E-state index contributed by atoms with van der Waals surface area (Å²) in [6.07, 6.45) is 1.18. The second-order valence-electron chi connectivity index (χ2n) is 3.53. The number of aromatic nitrogens is 1. The number of pyridine rings is 1. The van der Waals surface area contributed by atoms with E-state index in [9.17, 15) is 13.2 Å². The van der Waals surface area contributed by atoms with Crippen LogP contribution < -0.4 is 15.4 Å². The van der Waals surface area contributed by atoms with Gasteiger partial charge in [0.05, 0.1) is 11.6 Å². The number of hydrogen-bond donors (Lipinski definition) is 3. The molecular formula is C10H15ClN4O3S. The summed E-state index contributed by atoms with van der Waals surface area (Å²) in [7, 11) is -2.39. The molecule has 0 unspecified atom stereocenters. The molecule has 1 rings (SSSR count). The van der Waals surface area contributed by atoms with Crippen molar-refractivity contribution in [3.05, 3.63) is 17.3 Å². The maximum absolute atomic E-state index is 11.9. The van der Waals surface area contributed by atoms with Gasteiger partial charge in [0.2, 0.25) is 15.9 Å². The second kappa shape index (κ2) is 6.69. The lowest BCUT2D eigenvalue weighted by molar-refractivity contribution is -0.119. The summed E-state index contributed by atoms with van der Waals surface area (Å²) in [6, 6.07) is 1.28. The lowest BCUT2D eigenvalue weighted by Crippen LogP contribution is -2.35. The predicted molar refractivity (Wildman–Crippen MR) is 72.7 cm³/mol. The molecule has 3 N–H and O–H groups in total. The van der Waals surface area contributed by atoms with Gasteiger partial charge in [0, 0.05) is 19.8 Å². The SMILES string of the molecule is CCNc1ncc(S(=O)(=O)NCC(=O)NC)cc1Cl. The number of rotatable bonds is 6. The van der Waals surface area contributed by atoms with E-state index < -0.39 is 15.9 Å². The minimum Gasteiger partial charge on any atom is -0.369 e. The first-order valence-corrected chi connectivity index (χ1v) is 7.36. The van der Waals surface area contributed by atoms with Crippen LogP contribution in [0.5, 0.6) is 0 Å².